The molecule has 4 rings (SSSR count). The zero-order valence-electron chi connectivity index (χ0n) is 12.7. The Morgan fingerprint density at radius 2 is 2.17 bits per heavy atom. The molecule has 3 aromatic rings. The second kappa shape index (κ2) is 6.26. The van der Waals surface area contributed by atoms with Gasteiger partial charge in [0, 0.05) is 23.7 Å². The van der Waals surface area contributed by atoms with Crippen molar-refractivity contribution in [1.29, 1.82) is 0 Å². The molecule has 23 heavy (non-hydrogen) atoms. The van der Waals surface area contributed by atoms with Gasteiger partial charge in [0.25, 0.3) is 0 Å². The first-order valence-electron chi connectivity index (χ1n) is 7.77. The molecule has 0 radical (unpaired) electrons. The van der Waals surface area contributed by atoms with Gasteiger partial charge in [0.05, 0.1) is 24.9 Å². The standard InChI is InChI=1S/C17H18N4O2/c1-2-6-21-12-13(11-18-21)17-15-10-14(4-5-16(15)19-20-17)23-9-8-22-7-3-1/h1,3-5,10-12H,2,6-9H2,(H,19,20)/b3-1-. The van der Waals surface area contributed by atoms with E-state index in [9.17, 15) is 0 Å². The Bertz CT molecular complexity index is 834. The third kappa shape index (κ3) is 2.98. The summed E-state index contributed by atoms with van der Waals surface area (Å²) in [6.45, 7) is 2.55. The maximum absolute atomic E-state index is 5.76. The van der Waals surface area contributed by atoms with Crippen molar-refractivity contribution in [3.8, 4) is 17.0 Å². The molecular weight excluding hydrogens is 292 g/mol. The SMILES string of the molecule is C1=C\COCCOc2ccc3[nH]nc(c3c2)-c2cnn(c2)CC/1. The highest BCUT2D eigenvalue weighted by Gasteiger charge is 2.11. The second-order valence-electron chi connectivity index (χ2n) is 5.46. The number of hydrogen-bond acceptors (Lipinski definition) is 4. The third-order valence-electron chi connectivity index (χ3n) is 3.84. The van der Waals surface area contributed by atoms with Crippen molar-refractivity contribution >= 4 is 10.9 Å². The fraction of sp³-hybridized carbons (Fsp3) is 0.294. The number of aryl methyl sites for hydroxylation is 1. The fourth-order valence-electron chi connectivity index (χ4n) is 2.67. The summed E-state index contributed by atoms with van der Waals surface area (Å²) in [5.41, 5.74) is 2.89. The molecule has 3 heterocycles. The van der Waals surface area contributed by atoms with Gasteiger partial charge in [0.2, 0.25) is 0 Å². The Balaban J connectivity index is 1.73. The first-order valence-corrected chi connectivity index (χ1v) is 7.77. The smallest absolute Gasteiger partial charge is 0.120 e. The van der Waals surface area contributed by atoms with E-state index in [2.05, 4.69) is 21.4 Å². The van der Waals surface area contributed by atoms with E-state index in [1.165, 1.54) is 0 Å². The predicted molar refractivity (Wildman–Crippen MR) is 87.4 cm³/mol. The quantitative estimate of drug-likeness (QED) is 0.648. The molecular formula is C17H18N4O2. The van der Waals surface area contributed by atoms with Crippen molar-refractivity contribution in [1.82, 2.24) is 20.0 Å². The molecule has 118 valence electrons. The second-order valence-corrected chi connectivity index (χ2v) is 5.46. The van der Waals surface area contributed by atoms with Gasteiger partial charge in [0.1, 0.15) is 18.1 Å². The van der Waals surface area contributed by atoms with Gasteiger partial charge in [-0.2, -0.15) is 10.2 Å². The zero-order valence-corrected chi connectivity index (χ0v) is 12.7. The lowest BCUT2D eigenvalue weighted by Gasteiger charge is -2.06. The molecule has 0 amide bonds. The molecule has 1 N–H and O–H groups in total. The molecule has 0 spiro atoms. The number of aromatic nitrogens is 4. The van der Waals surface area contributed by atoms with Crippen LogP contribution in [-0.4, -0.2) is 39.8 Å². The van der Waals surface area contributed by atoms with E-state index in [1.54, 1.807) is 0 Å². The number of H-pyrrole nitrogens is 1. The number of allylic oxidation sites excluding steroid dienone is 1. The summed E-state index contributed by atoms with van der Waals surface area (Å²) in [6, 6.07) is 5.94. The molecule has 0 atom stereocenters. The van der Waals surface area contributed by atoms with Gasteiger partial charge in [-0.05, 0) is 24.6 Å². The molecule has 1 aromatic carbocycles. The first kappa shape index (κ1) is 14.0. The first-order chi connectivity index (χ1) is 11.4. The fourth-order valence-corrected chi connectivity index (χ4v) is 2.67. The minimum Gasteiger partial charge on any atom is -0.491 e. The molecule has 0 unspecified atom stereocenters. The van der Waals surface area contributed by atoms with Crippen LogP contribution in [0.3, 0.4) is 0 Å². The van der Waals surface area contributed by atoms with Gasteiger partial charge >= 0.3 is 0 Å². The Kier molecular flexibility index (Phi) is 3.81. The lowest BCUT2D eigenvalue weighted by Crippen LogP contribution is -2.06. The molecule has 0 aliphatic carbocycles. The monoisotopic (exact) mass is 310 g/mol. The molecule has 2 aromatic heterocycles. The number of fused-ring (bicyclic) bond motifs is 4. The van der Waals surface area contributed by atoms with Gasteiger partial charge in [0.15, 0.2) is 0 Å². The molecule has 4 bridgehead atoms. The topological polar surface area (TPSA) is 65.0 Å². The highest BCUT2D eigenvalue weighted by molar-refractivity contribution is 5.93. The number of nitrogens with zero attached hydrogens (tertiary/aromatic N) is 3. The van der Waals surface area contributed by atoms with Crippen molar-refractivity contribution in [3.05, 3.63) is 42.7 Å². The summed E-state index contributed by atoms with van der Waals surface area (Å²) in [6.07, 6.45) is 8.96. The maximum Gasteiger partial charge on any atom is 0.120 e. The number of rotatable bonds is 0. The Hall–Kier alpha value is -2.60. The van der Waals surface area contributed by atoms with E-state index in [-0.39, 0.29) is 0 Å². The Morgan fingerprint density at radius 1 is 1.17 bits per heavy atom. The van der Waals surface area contributed by atoms with E-state index in [0.29, 0.717) is 19.8 Å². The highest BCUT2D eigenvalue weighted by Crippen LogP contribution is 2.29. The van der Waals surface area contributed by atoms with E-state index >= 15 is 0 Å². The van der Waals surface area contributed by atoms with Crippen LogP contribution in [0.4, 0.5) is 0 Å². The van der Waals surface area contributed by atoms with E-state index in [0.717, 1.165) is 40.9 Å². The Morgan fingerprint density at radius 3 is 3.17 bits per heavy atom. The average Bonchev–Trinajstić information content (AvgIpc) is 3.18. The average molecular weight is 310 g/mol. The van der Waals surface area contributed by atoms with Gasteiger partial charge < -0.3 is 9.47 Å². The number of aromatic amines is 1. The summed E-state index contributed by atoms with van der Waals surface area (Å²) in [7, 11) is 0. The van der Waals surface area contributed by atoms with Crippen molar-refractivity contribution in [2.45, 2.75) is 13.0 Å². The van der Waals surface area contributed by atoms with Crippen LogP contribution in [0.25, 0.3) is 22.2 Å². The van der Waals surface area contributed by atoms with Crippen LogP contribution < -0.4 is 4.74 Å². The van der Waals surface area contributed by atoms with Crippen LogP contribution in [0.15, 0.2) is 42.7 Å². The highest BCUT2D eigenvalue weighted by atomic mass is 16.5. The minimum absolute atomic E-state index is 0.532. The van der Waals surface area contributed by atoms with Crippen LogP contribution >= 0.6 is 0 Å². The maximum atomic E-state index is 5.76. The molecule has 0 saturated heterocycles. The van der Waals surface area contributed by atoms with Crippen LogP contribution in [0.1, 0.15) is 6.42 Å². The zero-order chi connectivity index (χ0) is 15.5. The van der Waals surface area contributed by atoms with E-state index in [1.807, 2.05) is 41.4 Å². The van der Waals surface area contributed by atoms with Crippen LogP contribution in [0, 0.1) is 0 Å². The van der Waals surface area contributed by atoms with Crippen LogP contribution in [-0.2, 0) is 11.3 Å². The van der Waals surface area contributed by atoms with Crippen molar-refractivity contribution < 1.29 is 9.47 Å². The van der Waals surface area contributed by atoms with Crippen molar-refractivity contribution in [3.63, 3.8) is 0 Å². The molecule has 0 saturated carbocycles. The van der Waals surface area contributed by atoms with Crippen molar-refractivity contribution in [2.75, 3.05) is 19.8 Å². The molecule has 1 aliphatic heterocycles. The Labute approximate surface area is 133 Å². The van der Waals surface area contributed by atoms with E-state index in [4.69, 9.17) is 9.47 Å². The number of nitrogens with one attached hydrogen (secondary N) is 1. The van der Waals surface area contributed by atoms with Gasteiger partial charge in [-0.3, -0.25) is 9.78 Å². The normalized spacial score (nSPS) is 17.2. The number of hydrogen-bond donors (Lipinski definition) is 1. The van der Waals surface area contributed by atoms with Gasteiger partial charge in [-0.1, -0.05) is 12.2 Å². The minimum atomic E-state index is 0.532. The number of benzene rings is 1. The molecule has 0 fully saturated rings. The predicted octanol–water partition coefficient (Wildman–Crippen LogP) is 2.78. The largest absolute Gasteiger partial charge is 0.491 e. The van der Waals surface area contributed by atoms with Crippen LogP contribution in [0.5, 0.6) is 5.75 Å². The number of ether oxygens (including phenoxy) is 2. The van der Waals surface area contributed by atoms with E-state index < -0.39 is 0 Å². The molecule has 6 nitrogen and oxygen atoms in total. The van der Waals surface area contributed by atoms with Gasteiger partial charge in [-0.15, -0.1) is 0 Å². The lowest BCUT2D eigenvalue weighted by atomic mass is 10.1. The van der Waals surface area contributed by atoms with Crippen molar-refractivity contribution in [2.24, 2.45) is 0 Å². The van der Waals surface area contributed by atoms with Crippen LogP contribution in [0.2, 0.25) is 0 Å². The third-order valence-corrected chi connectivity index (χ3v) is 3.84. The summed E-state index contributed by atoms with van der Waals surface area (Å²) >= 11 is 0. The molecule has 1 aliphatic rings. The summed E-state index contributed by atoms with van der Waals surface area (Å²) < 4.78 is 13.2. The summed E-state index contributed by atoms with van der Waals surface area (Å²) in [5.74, 6) is 0.818. The summed E-state index contributed by atoms with van der Waals surface area (Å²) in [4.78, 5) is 0. The lowest BCUT2D eigenvalue weighted by molar-refractivity contribution is 0.121. The van der Waals surface area contributed by atoms with Gasteiger partial charge in [-0.25, -0.2) is 0 Å². The summed E-state index contributed by atoms with van der Waals surface area (Å²) in [5, 5.41) is 13.0. The molecule has 6 heteroatoms.